The Morgan fingerprint density at radius 1 is 0.917 bits per heavy atom. The fraction of sp³-hybridized carbons (Fsp3) is 0.650. The van der Waals surface area contributed by atoms with E-state index < -0.39 is 0 Å². The summed E-state index contributed by atoms with van der Waals surface area (Å²) >= 11 is 0. The molecule has 1 fully saturated rings. The topological polar surface area (TPSA) is 61.6 Å². The highest BCUT2D eigenvalue weighted by atomic mass is 16.6. The van der Waals surface area contributed by atoms with Gasteiger partial charge in [-0.3, -0.25) is 0 Å². The Hall–Kier alpha value is -1.55. The molecule has 0 amide bonds. The van der Waals surface area contributed by atoms with Crippen molar-refractivity contribution in [3.05, 3.63) is 29.3 Å². The smallest absolute Gasteiger partial charge is 0.338 e. The van der Waals surface area contributed by atoms with Crippen LogP contribution in [-0.2, 0) is 15.9 Å². The number of benzene rings is 1. The highest BCUT2D eigenvalue weighted by Crippen LogP contribution is 2.26. The zero-order valence-corrected chi connectivity index (χ0v) is 14.5. The van der Waals surface area contributed by atoms with Crippen molar-refractivity contribution in [3.8, 4) is 0 Å². The number of ether oxygens (including phenoxy) is 2. The van der Waals surface area contributed by atoms with E-state index in [4.69, 9.17) is 15.2 Å². The van der Waals surface area contributed by atoms with Crippen LogP contribution in [0.3, 0.4) is 0 Å². The van der Waals surface area contributed by atoms with E-state index in [9.17, 15) is 4.79 Å². The van der Waals surface area contributed by atoms with Gasteiger partial charge >= 0.3 is 5.97 Å². The van der Waals surface area contributed by atoms with Gasteiger partial charge in [-0.1, -0.05) is 38.5 Å². The molecule has 0 radical (unpaired) electrons. The second-order valence-corrected chi connectivity index (χ2v) is 7.07. The van der Waals surface area contributed by atoms with Crippen molar-refractivity contribution in [2.75, 3.05) is 12.3 Å². The lowest BCUT2D eigenvalue weighted by atomic mass is 10.0. The van der Waals surface area contributed by atoms with Gasteiger partial charge in [-0.2, -0.15) is 0 Å². The summed E-state index contributed by atoms with van der Waals surface area (Å²) in [7, 11) is 0. The number of rotatable bonds is 0. The van der Waals surface area contributed by atoms with E-state index in [1.165, 1.54) is 32.1 Å². The van der Waals surface area contributed by atoms with Crippen LogP contribution >= 0.6 is 0 Å². The van der Waals surface area contributed by atoms with Crippen molar-refractivity contribution >= 4 is 11.7 Å². The summed E-state index contributed by atoms with van der Waals surface area (Å²) in [5.74, 6) is -0.222. The molecular weight excluding hydrogens is 302 g/mol. The molecule has 132 valence electrons. The van der Waals surface area contributed by atoms with Gasteiger partial charge in [-0.15, -0.1) is 0 Å². The number of carbonyl (C=O) groups is 1. The Bertz CT molecular complexity index is 558. The van der Waals surface area contributed by atoms with E-state index in [0.29, 0.717) is 24.3 Å². The monoisotopic (exact) mass is 331 g/mol. The fourth-order valence-electron chi connectivity index (χ4n) is 3.81. The summed E-state index contributed by atoms with van der Waals surface area (Å²) < 4.78 is 12.1. The predicted molar refractivity (Wildman–Crippen MR) is 95.1 cm³/mol. The van der Waals surface area contributed by atoms with Crippen LogP contribution in [0.4, 0.5) is 5.69 Å². The van der Waals surface area contributed by atoms with Crippen LogP contribution in [0, 0.1) is 0 Å². The number of anilines is 1. The molecule has 0 aromatic heterocycles. The second kappa shape index (κ2) is 8.52. The molecule has 4 nitrogen and oxygen atoms in total. The van der Waals surface area contributed by atoms with E-state index in [2.05, 4.69) is 0 Å². The Kier molecular flexibility index (Phi) is 6.13. The molecule has 1 aliphatic carbocycles. The lowest BCUT2D eigenvalue weighted by molar-refractivity contribution is -0.0574. The first-order chi connectivity index (χ1) is 11.7. The summed E-state index contributed by atoms with van der Waals surface area (Å²) in [5.41, 5.74) is 8.12. The van der Waals surface area contributed by atoms with Gasteiger partial charge in [0.15, 0.2) is 0 Å². The minimum atomic E-state index is -0.222. The summed E-state index contributed by atoms with van der Waals surface area (Å²) in [6.07, 6.45) is 11.1. The second-order valence-electron chi connectivity index (χ2n) is 7.07. The largest absolute Gasteiger partial charge is 0.456 e. The van der Waals surface area contributed by atoms with Crippen LogP contribution in [0.5, 0.6) is 0 Å². The lowest BCUT2D eigenvalue weighted by Crippen LogP contribution is -2.33. The lowest BCUT2D eigenvalue weighted by Gasteiger charge is -2.26. The molecule has 0 spiro atoms. The molecule has 0 saturated heterocycles. The molecule has 1 aliphatic heterocycles. The maximum Gasteiger partial charge on any atom is 0.338 e. The third-order valence-corrected chi connectivity index (χ3v) is 5.20. The van der Waals surface area contributed by atoms with Gasteiger partial charge in [0.05, 0.1) is 18.3 Å². The SMILES string of the molecule is Nc1ccc2c(c1)CCOC1CCCCCCCCCC1OC2=O. The number of esters is 1. The van der Waals surface area contributed by atoms with Crippen LogP contribution < -0.4 is 5.73 Å². The molecule has 1 aromatic rings. The third kappa shape index (κ3) is 4.50. The van der Waals surface area contributed by atoms with Crippen molar-refractivity contribution in [3.63, 3.8) is 0 Å². The van der Waals surface area contributed by atoms with Gasteiger partial charge in [0, 0.05) is 5.69 Å². The number of hydrogen-bond acceptors (Lipinski definition) is 4. The van der Waals surface area contributed by atoms with E-state index in [1.807, 2.05) is 6.07 Å². The molecule has 0 bridgehead atoms. The first kappa shape index (κ1) is 17.3. The molecule has 4 heteroatoms. The van der Waals surface area contributed by atoms with Crippen LogP contribution in [-0.4, -0.2) is 24.8 Å². The Morgan fingerprint density at radius 3 is 2.33 bits per heavy atom. The maximum atomic E-state index is 12.7. The normalized spacial score (nSPS) is 26.6. The molecular formula is C20H29NO3. The standard InChI is InChI=1S/C20H29NO3/c21-16-10-11-17-15(14-16)12-13-23-18-8-6-4-2-1-3-5-7-9-19(18)24-20(17)22/h10-11,14,18-19H,1-9,12-13,21H2. The average Bonchev–Trinajstić information content (AvgIpc) is 2.59. The first-order valence-corrected chi connectivity index (χ1v) is 9.45. The molecule has 3 rings (SSSR count). The zero-order chi connectivity index (χ0) is 16.8. The summed E-state index contributed by atoms with van der Waals surface area (Å²) in [6, 6.07) is 5.43. The van der Waals surface area contributed by atoms with E-state index in [0.717, 1.165) is 31.2 Å². The Morgan fingerprint density at radius 2 is 1.58 bits per heavy atom. The van der Waals surface area contributed by atoms with Crippen LogP contribution in [0.1, 0.15) is 73.7 Å². The molecule has 2 unspecified atom stereocenters. The summed E-state index contributed by atoms with van der Waals surface area (Å²) in [5, 5.41) is 0. The van der Waals surface area contributed by atoms with Gasteiger partial charge in [-0.05, 0) is 49.4 Å². The molecule has 1 heterocycles. The van der Waals surface area contributed by atoms with E-state index >= 15 is 0 Å². The summed E-state index contributed by atoms with van der Waals surface area (Å²) in [4.78, 5) is 12.7. The molecule has 1 saturated carbocycles. The van der Waals surface area contributed by atoms with E-state index in [-0.39, 0.29) is 18.2 Å². The predicted octanol–water partition coefficient (Wildman–Crippen LogP) is 4.26. The number of nitrogens with two attached hydrogens (primary N) is 1. The molecule has 2 aliphatic rings. The van der Waals surface area contributed by atoms with Crippen molar-refractivity contribution in [1.82, 2.24) is 0 Å². The van der Waals surface area contributed by atoms with Crippen molar-refractivity contribution < 1.29 is 14.3 Å². The average molecular weight is 331 g/mol. The van der Waals surface area contributed by atoms with Crippen molar-refractivity contribution in [2.45, 2.75) is 76.4 Å². The third-order valence-electron chi connectivity index (χ3n) is 5.20. The van der Waals surface area contributed by atoms with Gasteiger partial charge in [0.25, 0.3) is 0 Å². The molecule has 2 N–H and O–H groups in total. The van der Waals surface area contributed by atoms with Gasteiger partial charge in [-0.25, -0.2) is 4.79 Å². The van der Waals surface area contributed by atoms with Gasteiger partial charge < -0.3 is 15.2 Å². The Balaban J connectivity index is 1.79. The van der Waals surface area contributed by atoms with Gasteiger partial charge in [0.1, 0.15) is 6.10 Å². The maximum absolute atomic E-state index is 12.7. The Labute approximate surface area is 144 Å². The molecule has 24 heavy (non-hydrogen) atoms. The summed E-state index contributed by atoms with van der Waals surface area (Å²) in [6.45, 7) is 0.619. The molecule has 1 aromatic carbocycles. The fourth-order valence-corrected chi connectivity index (χ4v) is 3.81. The van der Waals surface area contributed by atoms with Crippen molar-refractivity contribution in [2.24, 2.45) is 0 Å². The highest BCUT2D eigenvalue weighted by molar-refractivity contribution is 5.91. The number of fused-ring (bicyclic) bond motifs is 2. The van der Waals surface area contributed by atoms with E-state index in [1.54, 1.807) is 12.1 Å². The quantitative estimate of drug-likeness (QED) is 0.570. The minimum absolute atomic E-state index is 0.0266. The first-order valence-electron chi connectivity index (χ1n) is 9.45. The van der Waals surface area contributed by atoms with Crippen molar-refractivity contribution in [1.29, 1.82) is 0 Å². The number of carbonyl (C=O) groups excluding carboxylic acids is 1. The van der Waals surface area contributed by atoms with Crippen LogP contribution in [0.15, 0.2) is 18.2 Å². The van der Waals surface area contributed by atoms with Crippen LogP contribution in [0.2, 0.25) is 0 Å². The molecule has 2 atom stereocenters. The highest BCUT2D eigenvalue weighted by Gasteiger charge is 2.28. The minimum Gasteiger partial charge on any atom is -0.456 e. The number of nitrogen functional groups attached to an aromatic ring is 1. The number of hydrogen-bond donors (Lipinski definition) is 1. The zero-order valence-electron chi connectivity index (χ0n) is 14.5. The van der Waals surface area contributed by atoms with Crippen LogP contribution in [0.25, 0.3) is 0 Å². The van der Waals surface area contributed by atoms with Gasteiger partial charge in [0.2, 0.25) is 0 Å².